The Morgan fingerprint density at radius 2 is 1.94 bits per heavy atom. The van der Waals surface area contributed by atoms with Crippen molar-refractivity contribution in [2.75, 3.05) is 0 Å². The SMILES string of the molecule is Oc1csc2c1sc(=S)n2-c1ccccc1. The number of thiophene rings is 1. The highest BCUT2D eigenvalue weighted by molar-refractivity contribution is 7.73. The van der Waals surface area contributed by atoms with Gasteiger partial charge in [-0.3, -0.25) is 4.57 Å². The quantitative estimate of drug-likeness (QED) is 0.667. The normalized spacial score (nSPS) is 11.0. The van der Waals surface area contributed by atoms with Crippen LogP contribution in [0.1, 0.15) is 0 Å². The van der Waals surface area contributed by atoms with Gasteiger partial charge in [0.05, 0.1) is 0 Å². The van der Waals surface area contributed by atoms with Crippen molar-refractivity contribution in [2.45, 2.75) is 0 Å². The first-order valence-corrected chi connectivity index (χ1v) is 6.75. The van der Waals surface area contributed by atoms with E-state index in [1.54, 1.807) is 5.38 Å². The number of aromatic hydroxyl groups is 1. The number of hydrogen-bond acceptors (Lipinski definition) is 4. The molecule has 2 heterocycles. The van der Waals surface area contributed by atoms with E-state index in [1.807, 2.05) is 34.9 Å². The second-order valence-corrected chi connectivity index (χ2v) is 5.80. The molecule has 0 aliphatic rings. The van der Waals surface area contributed by atoms with Crippen LogP contribution < -0.4 is 0 Å². The van der Waals surface area contributed by atoms with E-state index >= 15 is 0 Å². The first-order chi connectivity index (χ1) is 7.77. The van der Waals surface area contributed by atoms with Gasteiger partial charge in [-0.15, -0.1) is 11.3 Å². The molecule has 0 fully saturated rings. The molecule has 2 aromatic heterocycles. The van der Waals surface area contributed by atoms with Crippen LogP contribution in [0.2, 0.25) is 0 Å². The topological polar surface area (TPSA) is 25.2 Å². The molecular weight excluding hydrogens is 258 g/mol. The van der Waals surface area contributed by atoms with E-state index in [0.29, 0.717) is 5.75 Å². The minimum absolute atomic E-state index is 0.325. The van der Waals surface area contributed by atoms with E-state index in [2.05, 4.69) is 0 Å². The Kier molecular flexibility index (Phi) is 2.31. The van der Waals surface area contributed by atoms with Gasteiger partial charge in [-0.1, -0.05) is 29.5 Å². The number of benzene rings is 1. The van der Waals surface area contributed by atoms with Gasteiger partial charge in [0.25, 0.3) is 0 Å². The smallest absolute Gasteiger partial charge is 0.167 e. The van der Waals surface area contributed by atoms with Gasteiger partial charge < -0.3 is 5.11 Å². The molecule has 3 aromatic rings. The molecule has 0 spiro atoms. The lowest BCUT2D eigenvalue weighted by molar-refractivity contribution is 0.484. The summed E-state index contributed by atoms with van der Waals surface area (Å²) in [5.41, 5.74) is 1.04. The summed E-state index contributed by atoms with van der Waals surface area (Å²) in [5, 5.41) is 11.4. The molecule has 0 bridgehead atoms. The van der Waals surface area contributed by atoms with E-state index in [1.165, 1.54) is 22.7 Å². The van der Waals surface area contributed by atoms with Crippen molar-refractivity contribution >= 4 is 44.4 Å². The van der Waals surface area contributed by atoms with Crippen molar-refractivity contribution in [3.63, 3.8) is 0 Å². The molecular formula is C11H7NOS3. The van der Waals surface area contributed by atoms with Gasteiger partial charge in [0.2, 0.25) is 0 Å². The van der Waals surface area contributed by atoms with Gasteiger partial charge in [0, 0.05) is 11.1 Å². The summed E-state index contributed by atoms with van der Waals surface area (Å²) in [7, 11) is 0. The molecule has 0 aliphatic heterocycles. The largest absolute Gasteiger partial charge is 0.506 e. The zero-order chi connectivity index (χ0) is 11.1. The van der Waals surface area contributed by atoms with Crippen LogP contribution in [0.4, 0.5) is 0 Å². The summed E-state index contributed by atoms with van der Waals surface area (Å²) >= 11 is 8.28. The number of fused-ring (bicyclic) bond motifs is 1. The van der Waals surface area contributed by atoms with Crippen LogP contribution in [0, 0.1) is 3.95 Å². The van der Waals surface area contributed by atoms with Gasteiger partial charge >= 0.3 is 0 Å². The fraction of sp³-hybridized carbons (Fsp3) is 0. The van der Waals surface area contributed by atoms with Crippen LogP contribution in [0.25, 0.3) is 15.2 Å². The average molecular weight is 265 g/mol. The van der Waals surface area contributed by atoms with Crippen LogP contribution in [0.5, 0.6) is 5.75 Å². The van der Waals surface area contributed by atoms with Crippen LogP contribution in [-0.2, 0) is 0 Å². The summed E-state index contributed by atoms with van der Waals surface area (Å²) < 4.78 is 3.64. The van der Waals surface area contributed by atoms with Crippen LogP contribution in [0.15, 0.2) is 35.7 Å². The number of para-hydroxylation sites is 1. The number of thiazole rings is 1. The predicted octanol–water partition coefficient (Wildman–Crippen LogP) is 4.19. The summed E-state index contributed by atoms with van der Waals surface area (Å²) in [4.78, 5) is 1.01. The van der Waals surface area contributed by atoms with Gasteiger partial charge in [-0.25, -0.2) is 0 Å². The van der Waals surface area contributed by atoms with Crippen molar-refractivity contribution in [2.24, 2.45) is 0 Å². The van der Waals surface area contributed by atoms with E-state index < -0.39 is 0 Å². The van der Waals surface area contributed by atoms with Gasteiger partial charge in [-0.05, 0) is 24.4 Å². The molecule has 0 aliphatic carbocycles. The minimum atomic E-state index is 0.325. The average Bonchev–Trinajstić information content (AvgIpc) is 2.80. The first-order valence-electron chi connectivity index (χ1n) is 4.65. The standard InChI is InChI=1S/C11H7NOS3/c13-8-6-15-10-9(8)16-11(14)12(10)7-4-2-1-3-5-7/h1-6,13H. The van der Waals surface area contributed by atoms with Gasteiger partial charge in [-0.2, -0.15) is 0 Å². The Bertz CT molecular complexity index is 693. The maximum absolute atomic E-state index is 9.66. The zero-order valence-electron chi connectivity index (χ0n) is 8.08. The van der Waals surface area contributed by atoms with Crippen LogP contribution in [-0.4, -0.2) is 9.67 Å². The second kappa shape index (κ2) is 3.69. The molecule has 1 N–H and O–H groups in total. The number of aromatic nitrogens is 1. The highest BCUT2D eigenvalue weighted by Gasteiger charge is 2.11. The summed E-state index contributed by atoms with van der Waals surface area (Å²) in [6, 6.07) is 9.96. The maximum atomic E-state index is 9.66. The van der Waals surface area contributed by atoms with Crippen molar-refractivity contribution in [3.05, 3.63) is 39.7 Å². The second-order valence-electron chi connectivity index (χ2n) is 3.29. The molecule has 80 valence electrons. The molecule has 16 heavy (non-hydrogen) atoms. The van der Waals surface area contributed by atoms with Gasteiger partial charge in [0.1, 0.15) is 15.3 Å². The third kappa shape index (κ3) is 1.40. The Morgan fingerprint density at radius 1 is 1.19 bits per heavy atom. The third-order valence-corrected chi connectivity index (χ3v) is 4.78. The molecule has 1 aromatic carbocycles. The molecule has 0 saturated heterocycles. The summed E-state index contributed by atoms with van der Waals surface area (Å²) in [6.07, 6.45) is 0. The molecule has 2 nitrogen and oxygen atoms in total. The number of nitrogens with zero attached hydrogens (tertiary/aromatic N) is 1. The lowest BCUT2D eigenvalue weighted by Gasteiger charge is -2.01. The lowest BCUT2D eigenvalue weighted by Crippen LogP contribution is -1.90. The molecule has 0 amide bonds. The molecule has 0 radical (unpaired) electrons. The Balaban J connectivity index is 2.39. The van der Waals surface area contributed by atoms with Gasteiger partial charge in [0.15, 0.2) is 3.95 Å². The fourth-order valence-corrected chi connectivity index (χ4v) is 4.16. The van der Waals surface area contributed by atoms with E-state index in [0.717, 1.165) is 19.2 Å². The highest BCUT2D eigenvalue weighted by Crippen LogP contribution is 2.37. The fourth-order valence-electron chi connectivity index (χ4n) is 1.59. The number of hydrogen-bond donors (Lipinski definition) is 1. The first kappa shape index (κ1) is 10.0. The van der Waals surface area contributed by atoms with Crippen molar-refractivity contribution in [1.29, 1.82) is 0 Å². The van der Waals surface area contributed by atoms with Crippen molar-refractivity contribution in [1.82, 2.24) is 4.57 Å². The number of rotatable bonds is 1. The summed E-state index contributed by atoms with van der Waals surface area (Å²) in [5.74, 6) is 0.325. The van der Waals surface area contributed by atoms with E-state index in [-0.39, 0.29) is 0 Å². The Labute approximate surface area is 105 Å². The molecule has 0 saturated carbocycles. The van der Waals surface area contributed by atoms with E-state index in [9.17, 15) is 5.11 Å². The molecule has 0 unspecified atom stereocenters. The maximum Gasteiger partial charge on any atom is 0.167 e. The lowest BCUT2D eigenvalue weighted by atomic mass is 10.3. The zero-order valence-corrected chi connectivity index (χ0v) is 10.5. The molecule has 5 heteroatoms. The third-order valence-electron chi connectivity index (χ3n) is 2.30. The summed E-state index contributed by atoms with van der Waals surface area (Å²) in [6.45, 7) is 0. The van der Waals surface area contributed by atoms with Crippen LogP contribution >= 0.6 is 34.9 Å². The van der Waals surface area contributed by atoms with Crippen molar-refractivity contribution < 1.29 is 5.11 Å². The molecule has 0 atom stereocenters. The predicted molar refractivity (Wildman–Crippen MR) is 71.5 cm³/mol. The van der Waals surface area contributed by atoms with Crippen LogP contribution in [0.3, 0.4) is 0 Å². The Hall–Kier alpha value is -1.17. The Morgan fingerprint density at radius 3 is 2.69 bits per heavy atom. The van der Waals surface area contributed by atoms with Crippen molar-refractivity contribution in [3.8, 4) is 11.4 Å². The van der Waals surface area contributed by atoms with E-state index in [4.69, 9.17) is 12.2 Å². The monoisotopic (exact) mass is 265 g/mol. The minimum Gasteiger partial charge on any atom is -0.506 e. The highest BCUT2D eigenvalue weighted by atomic mass is 32.1. The molecule has 3 rings (SSSR count).